The minimum atomic E-state index is -1.14. The number of para-hydroxylation sites is 1. The average Bonchev–Trinajstić information content (AvgIpc) is 2.32. The first kappa shape index (κ1) is 14.0. The van der Waals surface area contributed by atoms with Crippen LogP contribution >= 0.6 is 0 Å². The number of carbonyl (C=O) groups is 2. The number of halogens is 1. The van der Waals surface area contributed by atoms with Gasteiger partial charge in [-0.1, -0.05) is 26.0 Å². The van der Waals surface area contributed by atoms with Crippen molar-refractivity contribution in [3.8, 4) is 5.75 Å². The highest BCUT2D eigenvalue weighted by Crippen LogP contribution is 2.15. The van der Waals surface area contributed by atoms with Gasteiger partial charge in [-0.3, -0.25) is 4.79 Å². The summed E-state index contributed by atoms with van der Waals surface area (Å²) in [5, 5.41) is 0. The molecule has 0 amide bonds. The molecule has 98 valence electrons. The minimum Gasteiger partial charge on any atom is -0.427 e. The predicted octanol–water partition coefficient (Wildman–Crippen LogP) is 2.50. The van der Waals surface area contributed by atoms with Crippen molar-refractivity contribution in [1.29, 1.82) is 0 Å². The molecule has 0 fully saturated rings. The van der Waals surface area contributed by atoms with E-state index in [1.807, 2.05) is 0 Å². The first-order valence-electron chi connectivity index (χ1n) is 5.26. The fourth-order valence-corrected chi connectivity index (χ4v) is 0.949. The van der Waals surface area contributed by atoms with Crippen LogP contribution in [0, 0.1) is 11.7 Å². The third-order valence-corrected chi connectivity index (χ3v) is 1.88. The van der Waals surface area contributed by atoms with Crippen LogP contribution in [-0.2, 0) is 14.3 Å². The van der Waals surface area contributed by atoms with Gasteiger partial charge in [-0.05, 0) is 12.1 Å². The third kappa shape index (κ3) is 4.40. The van der Waals surface area contributed by atoms with E-state index in [0.29, 0.717) is 0 Å². The van der Waals surface area contributed by atoms with Crippen LogP contribution in [0.15, 0.2) is 24.3 Å². The number of benzene rings is 1. The van der Waals surface area contributed by atoms with Gasteiger partial charge in [-0.25, -0.2) is 9.18 Å². The van der Waals surface area contributed by atoms with Gasteiger partial charge in [0, 0.05) is 0 Å². The van der Waals surface area contributed by atoms with Gasteiger partial charge in [0.1, 0.15) is 0 Å². The van der Waals surface area contributed by atoms with Crippen LogP contribution in [0.25, 0.3) is 0 Å². The van der Waals surface area contributed by atoms with E-state index in [0.717, 1.165) is 6.07 Å². The standard InChI is InChI=1S/C12H13FO5/c1-8(2)11(14)16-7-17-12(15)18-10-6-4-3-5-9(10)13/h3-6,8H,7H2,1-2H3. The SMILES string of the molecule is CC(C)C(=O)OCOC(=O)Oc1ccccc1F. The maximum absolute atomic E-state index is 13.1. The topological polar surface area (TPSA) is 61.8 Å². The maximum Gasteiger partial charge on any atom is 0.516 e. The molecule has 0 radical (unpaired) electrons. The Morgan fingerprint density at radius 3 is 2.50 bits per heavy atom. The zero-order chi connectivity index (χ0) is 13.5. The van der Waals surface area contributed by atoms with Crippen molar-refractivity contribution < 1.29 is 28.2 Å². The van der Waals surface area contributed by atoms with Crippen molar-refractivity contribution in [2.75, 3.05) is 6.79 Å². The van der Waals surface area contributed by atoms with Crippen LogP contribution < -0.4 is 4.74 Å². The van der Waals surface area contributed by atoms with Crippen molar-refractivity contribution >= 4 is 12.1 Å². The number of hydrogen-bond donors (Lipinski definition) is 0. The van der Waals surface area contributed by atoms with Crippen molar-refractivity contribution in [2.45, 2.75) is 13.8 Å². The van der Waals surface area contributed by atoms with Crippen LogP contribution in [0.2, 0.25) is 0 Å². The summed E-state index contributed by atoms with van der Waals surface area (Å²) in [6, 6.07) is 5.38. The number of carbonyl (C=O) groups excluding carboxylic acids is 2. The van der Waals surface area contributed by atoms with Gasteiger partial charge in [0.25, 0.3) is 0 Å². The third-order valence-electron chi connectivity index (χ3n) is 1.88. The van der Waals surface area contributed by atoms with E-state index in [2.05, 4.69) is 14.2 Å². The molecule has 0 unspecified atom stereocenters. The van der Waals surface area contributed by atoms with Crippen LogP contribution in [-0.4, -0.2) is 18.9 Å². The van der Waals surface area contributed by atoms with E-state index in [1.165, 1.54) is 18.2 Å². The lowest BCUT2D eigenvalue weighted by Crippen LogP contribution is -2.18. The second-order valence-electron chi connectivity index (χ2n) is 3.66. The molecule has 0 saturated heterocycles. The molecule has 0 aliphatic heterocycles. The van der Waals surface area contributed by atoms with Gasteiger partial charge in [0.2, 0.25) is 6.79 Å². The van der Waals surface area contributed by atoms with Crippen molar-refractivity contribution in [3.05, 3.63) is 30.1 Å². The Morgan fingerprint density at radius 2 is 1.89 bits per heavy atom. The fourth-order valence-electron chi connectivity index (χ4n) is 0.949. The van der Waals surface area contributed by atoms with E-state index in [9.17, 15) is 14.0 Å². The first-order valence-corrected chi connectivity index (χ1v) is 5.26. The van der Waals surface area contributed by atoms with Crippen LogP contribution in [0.3, 0.4) is 0 Å². The Hall–Kier alpha value is -2.11. The second-order valence-corrected chi connectivity index (χ2v) is 3.66. The molecule has 0 heterocycles. The summed E-state index contributed by atoms with van der Waals surface area (Å²) in [7, 11) is 0. The number of ether oxygens (including phenoxy) is 3. The largest absolute Gasteiger partial charge is 0.516 e. The summed E-state index contributed by atoms with van der Waals surface area (Å²) in [5.74, 6) is -1.77. The summed E-state index contributed by atoms with van der Waals surface area (Å²) in [5.41, 5.74) is 0. The van der Waals surface area contributed by atoms with Crippen LogP contribution in [0.4, 0.5) is 9.18 Å². The molecule has 0 N–H and O–H groups in total. The van der Waals surface area contributed by atoms with Gasteiger partial charge in [-0.2, -0.15) is 0 Å². The highest BCUT2D eigenvalue weighted by molar-refractivity contribution is 5.71. The highest BCUT2D eigenvalue weighted by Gasteiger charge is 2.12. The zero-order valence-corrected chi connectivity index (χ0v) is 10.0. The highest BCUT2D eigenvalue weighted by atomic mass is 19.1. The van der Waals surface area contributed by atoms with E-state index in [4.69, 9.17) is 0 Å². The quantitative estimate of drug-likeness (QED) is 0.470. The van der Waals surface area contributed by atoms with Crippen LogP contribution in [0.5, 0.6) is 5.75 Å². The minimum absolute atomic E-state index is 0.252. The van der Waals surface area contributed by atoms with Crippen LogP contribution in [0.1, 0.15) is 13.8 Å². The average molecular weight is 256 g/mol. The summed E-state index contributed by atoms with van der Waals surface area (Å²) in [6.07, 6.45) is -1.14. The second kappa shape index (κ2) is 6.58. The summed E-state index contributed by atoms with van der Waals surface area (Å²) >= 11 is 0. The first-order chi connectivity index (χ1) is 8.50. The Kier molecular flexibility index (Phi) is 5.10. The number of esters is 1. The fraction of sp³-hybridized carbons (Fsp3) is 0.333. The smallest absolute Gasteiger partial charge is 0.427 e. The molecule has 0 aliphatic rings. The monoisotopic (exact) mass is 256 g/mol. The molecule has 0 aliphatic carbocycles. The molecule has 18 heavy (non-hydrogen) atoms. The van der Waals surface area contributed by atoms with Crippen molar-refractivity contribution in [3.63, 3.8) is 0 Å². The molecule has 1 aromatic carbocycles. The molecule has 0 spiro atoms. The van der Waals surface area contributed by atoms with Crippen molar-refractivity contribution in [2.24, 2.45) is 5.92 Å². The Morgan fingerprint density at radius 1 is 1.22 bits per heavy atom. The number of rotatable bonds is 4. The summed E-state index contributed by atoms with van der Waals surface area (Å²) < 4.78 is 26.7. The molecular formula is C12H13FO5. The summed E-state index contributed by atoms with van der Waals surface area (Å²) in [6.45, 7) is 2.71. The predicted molar refractivity (Wildman–Crippen MR) is 59.3 cm³/mol. The Labute approximate surface area is 103 Å². The molecule has 1 rings (SSSR count). The lowest BCUT2D eigenvalue weighted by molar-refractivity contribution is -0.156. The van der Waals surface area contributed by atoms with E-state index in [1.54, 1.807) is 13.8 Å². The lowest BCUT2D eigenvalue weighted by atomic mass is 10.2. The zero-order valence-electron chi connectivity index (χ0n) is 10.0. The Balaban J connectivity index is 2.35. The van der Waals surface area contributed by atoms with E-state index in [-0.39, 0.29) is 11.7 Å². The van der Waals surface area contributed by atoms with Crippen molar-refractivity contribution in [1.82, 2.24) is 0 Å². The van der Waals surface area contributed by atoms with Gasteiger partial charge >= 0.3 is 12.1 Å². The molecule has 0 bridgehead atoms. The number of hydrogen-bond acceptors (Lipinski definition) is 5. The molecule has 6 heteroatoms. The normalized spacial score (nSPS) is 10.0. The maximum atomic E-state index is 13.1. The molecule has 0 saturated carbocycles. The van der Waals surface area contributed by atoms with E-state index < -0.39 is 24.7 Å². The van der Waals surface area contributed by atoms with Gasteiger partial charge < -0.3 is 14.2 Å². The molecule has 0 aromatic heterocycles. The van der Waals surface area contributed by atoms with Gasteiger partial charge in [0.05, 0.1) is 5.92 Å². The van der Waals surface area contributed by atoms with Gasteiger partial charge in [-0.15, -0.1) is 0 Å². The Bertz CT molecular complexity index is 430. The molecule has 0 atom stereocenters. The molecule has 5 nitrogen and oxygen atoms in total. The lowest BCUT2D eigenvalue weighted by Gasteiger charge is -2.08. The molecular weight excluding hydrogens is 243 g/mol. The molecule has 1 aromatic rings. The van der Waals surface area contributed by atoms with E-state index >= 15 is 0 Å². The van der Waals surface area contributed by atoms with Gasteiger partial charge in [0.15, 0.2) is 11.6 Å². The summed E-state index contributed by atoms with van der Waals surface area (Å²) in [4.78, 5) is 22.1.